The molecule has 101 valence electrons. The smallest absolute Gasteiger partial charge is 0.127 e. The van der Waals surface area contributed by atoms with Gasteiger partial charge in [-0.05, 0) is 29.9 Å². The second kappa shape index (κ2) is 7.18. The van der Waals surface area contributed by atoms with Crippen molar-refractivity contribution in [2.24, 2.45) is 5.92 Å². The van der Waals surface area contributed by atoms with Crippen LogP contribution in [0.2, 0.25) is 0 Å². The van der Waals surface area contributed by atoms with Gasteiger partial charge in [0, 0.05) is 5.39 Å². The molecule has 19 heavy (non-hydrogen) atoms. The van der Waals surface area contributed by atoms with Crippen LogP contribution in [-0.4, -0.2) is 6.61 Å². The largest absolute Gasteiger partial charge is 0.493 e. The Morgan fingerprint density at radius 2 is 2.00 bits per heavy atom. The molecule has 1 nitrogen and oxygen atoms in total. The van der Waals surface area contributed by atoms with Crippen molar-refractivity contribution >= 4 is 10.8 Å². The Morgan fingerprint density at radius 3 is 2.79 bits per heavy atom. The minimum Gasteiger partial charge on any atom is -0.493 e. The third-order valence-corrected chi connectivity index (χ3v) is 3.68. The van der Waals surface area contributed by atoms with Crippen LogP contribution in [0.25, 0.3) is 10.8 Å². The summed E-state index contributed by atoms with van der Waals surface area (Å²) in [6, 6.07) is 15.5. The van der Waals surface area contributed by atoms with Crippen molar-refractivity contribution in [1.82, 2.24) is 0 Å². The first-order valence-electron chi connectivity index (χ1n) is 7.37. The Labute approximate surface area is 116 Å². The monoisotopic (exact) mass is 255 g/mol. The zero-order valence-corrected chi connectivity index (χ0v) is 12.0. The van der Waals surface area contributed by atoms with Gasteiger partial charge in [0.05, 0.1) is 6.61 Å². The van der Waals surface area contributed by atoms with E-state index in [0.717, 1.165) is 23.1 Å². The average Bonchev–Trinajstić information content (AvgIpc) is 2.47. The quantitative estimate of drug-likeness (QED) is 0.657. The highest BCUT2D eigenvalue weighted by Crippen LogP contribution is 2.26. The summed E-state index contributed by atoms with van der Waals surface area (Å²) < 4.78 is 6.05. The van der Waals surface area contributed by atoms with Gasteiger partial charge >= 0.3 is 0 Å². The first kappa shape index (κ1) is 13.9. The van der Waals surface area contributed by atoms with E-state index in [1.54, 1.807) is 0 Å². The van der Waals surface area contributed by atoms with Gasteiger partial charge in [-0.25, -0.2) is 0 Å². The maximum atomic E-state index is 6.05. The fourth-order valence-electron chi connectivity index (χ4n) is 2.35. The third kappa shape index (κ3) is 3.73. The van der Waals surface area contributed by atoms with Gasteiger partial charge in [-0.1, -0.05) is 63.4 Å². The number of benzene rings is 2. The predicted molar refractivity (Wildman–Crippen MR) is 81.6 cm³/mol. The molecule has 1 radical (unpaired) electrons. The SMILES string of the molecule is CCCCC(CC)COc1cc[c]c2ccccc12. The molecule has 0 aliphatic heterocycles. The Morgan fingerprint density at radius 1 is 1.16 bits per heavy atom. The average molecular weight is 255 g/mol. The number of fused-ring (bicyclic) bond motifs is 1. The van der Waals surface area contributed by atoms with Crippen LogP contribution >= 0.6 is 0 Å². The molecule has 0 aromatic heterocycles. The maximum Gasteiger partial charge on any atom is 0.127 e. The highest BCUT2D eigenvalue weighted by Gasteiger charge is 2.08. The fourth-order valence-corrected chi connectivity index (χ4v) is 2.35. The van der Waals surface area contributed by atoms with Crippen molar-refractivity contribution in [2.75, 3.05) is 6.61 Å². The van der Waals surface area contributed by atoms with E-state index < -0.39 is 0 Å². The topological polar surface area (TPSA) is 9.23 Å². The lowest BCUT2D eigenvalue weighted by atomic mass is 10.0. The highest BCUT2D eigenvalue weighted by molar-refractivity contribution is 5.87. The Hall–Kier alpha value is -1.50. The number of unbranched alkanes of at least 4 members (excludes halogenated alkanes) is 1. The third-order valence-electron chi connectivity index (χ3n) is 3.68. The van der Waals surface area contributed by atoms with E-state index in [0.29, 0.717) is 5.92 Å². The van der Waals surface area contributed by atoms with Gasteiger partial charge in [-0.15, -0.1) is 0 Å². The van der Waals surface area contributed by atoms with E-state index in [-0.39, 0.29) is 0 Å². The molecule has 1 heteroatoms. The Kier molecular flexibility index (Phi) is 5.26. The molecule has 2 aromatic carbocycles. The van der Waals surface area contributed by atoms with Gasteiger partial charge in [-0.3, -0.25) is 0 Å². The molecule has 0 saturated heterocycles. The molecule has 2 aromatic rings. The minimum absolute atomic E-state index is 0.669. The molecule has 0 spiro atoms. The fraction of sp³-hybridized carbons (Fsp3) is 0.444. The second-order valence-corrected chi connectivity index (χ2v) is 5.12. The van der Waals surface area contributed by atoms with E-state index in [9.17, 15) is 0 Å². The lowest BCUT2D eigenvalue weighted by Gasteiger charge is -2.16. The first-order chi connectivity index (χ1) is 9.35. The highest BCUT2D eigenvalue weighted by atomic mass is 16.5. The second-order valence-electron chi connectivity index (χ2n) is 5.12. The van der Waals surface area contributed by atoms with Crippen LogP contribution in [0.5, 0.6) is 5.75 Å². The van der Waals surface area contributed by atoms with Gasteiger partial charge < -0.3 is 4.74 Å². The normalized spacial score (nSPS) is 12.5. The van der Waals surface area contributed by atoms with E-state index in [1.807, 2.05) is 18.2 Å². The number of rotatable bonds is 7. The van der Waals surface area contributed by atoms with E-state index in [2.05, 4.69) is 38.1 Å². The summed E-state index contributed by atoms with van der Waals surface area (Å²) in [5.74, 6) is 1.66. The summed E-state index contributed by atoms with van der Waals surface area (Å²) in [5, 5.41) is 2.29. The van der Waals surface area contributed by atoms with E-state index in [1.165, 1.54) is 25.7 Å². The van der Waals surface area contributed by atoms with Gasteiger partial charge in [0.1, 0.15) is 5.75 Å². The molecule has 0 N–H and O–H groups in total. The van der Waals surface area contributed by atoms with E-state index in [4.69, 9.17) is 4.74 Å². The Balaban J connectivity index is 2.04. The maximum absolute atomic E-state index is 6.05. The van der Waals surface area contributed by atoms with Gasteiger partial charge in [-0.2, -0.15) is 0 Å². The summed E-state index contributed by atoms with van der Waals surface area (Å²) in [6.45, 7) is 5.32. The van der Waals surface area contributed by atoms with Crippen molar-refractivity contribution in [2.45, 2.75) is 39.5 Å². The zero-order chi connectivity index (χ0) is 13.5. The van der Waals surface area contributed by atoms with Crippen molar-refractivity contribution in [3.05, 3.63) is 42.5 Å². The van der Waals surface area contributed by atoms with Crippen LogP contribution in [-0.2, 0) is 0 Å². The van der Waals surface area contributed by atoms with Crippen LogP contribution in [0, 0.1) is 12.0 Å². The molecule has 0 aliphatic rings. The molecule has 0 amide bonds. The molecular weight excluding hydrogens is 232 g/mol. The van der Waals surface area contributed by atoms with E-state index >= 15 is 0 Å². The van der Waals surface area contributed by atoms with Crippen molar-refractivity contribution in [1.29, 1.82) is 0 Å². The lowest BCUT2D eigenvalue weighted by Crippen LogP contribution is -2.11. The van der Waals surface area contributed by atoms with Crippen molar-refractivity contribution in [3.8, 4) is 5.75 Å². The summed E-state index contributed by atoms with van der Waals surface area (Å²) in [7, 11) is 0. The lowest BCUT2D eigenvalue weighted by molar-refractivity contribution is 0.235. The minimum atomic E-state index is 0.669. The van der Waals surface area contributed by atoms with Gasteiger partial charge in [0.25, 0.3) is 0 Å². The summed E-state index contributed by atoms with van der Waals surface area (Å²) in [6.07, 6.45) is 5.02. The molecule has 0 fully saturated rings. The molecule has 1 atom stereocenters. The Bertz CT molecular complexity index is 499. The molecule has 0 bridgehead atoms. The molecule has 0 aliphatic carbocycles. The summed E-state index contributed by atoms with van der Waals surface area (Å²) in [4.78, 5) is 0. The van der Waals surface area contributed by atoms with Crippen LogP contribution in [0.4, 0.5) is 0 Å². The van der Waals surface area contributed by atoms with Gasteiger partial charge in [0.15, 0.2) is 0 Å². The molecule has 0 saturated carbocycles. The number of hydrogen-bond acceptors (Lipinski definition) is 1. The van der Waals surface area contributed by atoms with Crippen LogP contribution in [0.1, 0.15) is 39.5 Å². The van der Waals surface area contributed by atoms with Crippen molar-refractivity contribution < 1.29 is 4.74 Å². The zero-order valence-electron chi connectivity index (χ0n) is 12.0. The number of ether oxygens (including phenoxy) is 1. The van der Waals surface area contributed by atoms with Gasteiger partial charge in [0.2, 0.25) is 0 Å². The molecule has 1 unspecified atom stereocenters. The predicted octanol–water partition coefficient (Wildman–Crippen LogP) is 5.24. The number of hydrogen-bond donors (Lipinski definition) is 0. The summed E-state index contributed by atoms with van der Waals surface area (Å²) >= 11 is 0. The van der Waals surface area contributed by atoms with Crippen LogP contribution < -0.4 is 4.74 Å². The first-order valence-corrected chi connectivity index (χ1v) is 7.37. The van der Waals surface area contributed by atoms with Crippen LogP contribution in [0.3, 0.4) is 0 Å². The molecule has 2 rings (SSSR count). The van der Waals surface area contributed by atoms with Crippen molar-refractivity contribution in [3.63, 3.8) is 0 Å². The molecule has 0 heterocycles. The summed E-state index contributed by atoms with van der Waals surface area (Å²) in [5.41, 5.74) is 0. The molecular formula is C18H23O. The standard InChI is InChI=1S/C18H23O/c1-3-5-9-15(4-2)14-19-18-13-8-11-16-10-6-7-12-17(16)18/h6-8,10,12-13,15H,3-5,9,14H2,1-2H3. The van der Waals surface area contributed by atoms with Crippen LogP contribution in [0.15, 0.2) is 36.4 Å².